The summed E-state index contributed by atoms with van der Waals surface area (Å²) < 4.78 is 7.45. The highest BCUT2D eigenvalue weighted by Gasteiger charge is 2.28. The Labute approximate surface area is 115 Å². The summed E-state index contributed by atoms with van der Waals surface area (Å²) in [4.78, 5) is 6.46. The van der Waals surface area contributed by atoms with Crippen LogP contribution in [-0.2, 0) is 4.74 Å². The van der Waals surface area contributed by atoms with Crippen molar-refractivity contribution in [2.45, 2.75) is 32.4 Å². The largest absolute Gasteiger partial charge is 0.389 e. The molecule has 0 amide bonds. The summed E-state index contributed by atoms with van der Waals surface area (Å²) in [5.74, 6) is 0.648. The molecule has 0 bridgehead atoms. The Morgan fingerprint density at radius 1 is 1.53 bits per heavy atom. The van der Waals surface area contributed by atoms with E-state index < -0.39 is 6.10 Å². The maximum Gasteiger partial charge on any atom is 0.0949 e. The number of aliphatic hydroxyl groups is 1. The molecule has 1 aliphatic rings. The average Bonchev–Trinajstić information content (AvgIpc) is 2.92. The summed E-state index contributed by atoms with van der Waals surface area (Å²) in [5.41, 5.74) is 0. The molecule has 0 radical (unpaired) electrons. The molecule has 2 rings (SSSR count). The van der Waals surface area contributed by atoms with Gasteiger partial charge in [0.15, 0.2) is 0 Å². The Hall–Kier alpha value is -0.910. The van der Waals surface area contributed by atoms with Crippen LogP contribution in [0.25, 0.3) is 0 Å². The van der Waals surface area contributed by atoms with Crippen LogP contribution in [0, 0.1) is 5.92 Å². The predicted molar refractivity (Wildman–Crippen MR) is 74.0 cm³/mol. The Kier molecular flexibility index (Phi) is 5.36. The van der Waals surface area contributed by atoms with Crippen LogP contribution >= 0.6 is 0 Å². The fourth-order valence-corrected chi connectivity index (χ4v) is 2.74. The molecule has 5 nitrogen and oxygen atoms in total. The van der Waals surface area contributed by atoms with Gasteiger partial charge in [-0.3, -0.25) is 4.90 Å². The summed E-state index contributed by atoms with van der Waals surface area (Å²) in [5, 5.41) is 9.93. The maximum atomic E-state index is 9.93. The zero-order valence-electron chi connectivity index (χ0n) is 11.9. The molecular formula is C14H25N3O2. The third-order valence-electron chi connectivity index (χ3n) is 3.89. The van der Waals surface area contributed by atoms with Gasteiger partial charge in [-0.15, -0.1) is 0 Å². The van der Waals surface area contributed by atoms with E-state index in [-0.39, 0.29) is 0 Å². The van der Waals surface area contributed by atoms with Crippen LogP contribution in [0.5, 0.6) is 0 Å². The number of β-amino-alcohol motifs (C(OH)–C–C–N with tert-alkyl or cyclic N) is 1. The average molecular weight is 267 g/mol. The van der Waals surface area contributed by atoms with Crippen LogP contribution in [0.15, 0.2) is 18.7 Å². The number of nitrogens with zero attached hydrogens (tertiary/aromatic N) is 3. The molecule has 2 heterocycles. The minimum atomic E-state index is -0.392. The van der Waals surface area contributed by atoms with Gasteiger partial charge in [-0.1, -0.05) is 6.92 Å². The van der Waals surface area contributed by atoms with Gasteiger partial charge in [0.05, 0.1) is 19.0 Å². The van der Waals surface area contributed by atoms with E-state index in [0.717, 1.165) is 19.5 Å². The van der Waals surface area contributed by atoms with Crippen LogP contribution in [0.2, 0.25) is 0 Å². The SMILES string of the molecule is CCOC[C@H](O)CN1CC[C@H](C)[C@@H](n2ccnc2)C1. The molecule has 1 fully saturated rings. The smallest absolute Gasteiger partial charge is 0.0949 e. The lowest BCUT2D eigenvalue weighted by molar-refractivity contribution is 0.00858. The first kappa shape index (κ1) is 14.5. The van der Waals surface area contributed by atoms with E-state index in [0.29, 0.717) is 31.7 Å². The van der Waals surface area contributed by atoms with Crippen molar-refractivity contribution in [3.05, 3.63) is 18.7 Å². The monoisotopic (exact) mass is 267 g/mol. The number of piperidine rings is 1. The summed E-state index contributed by atoms with van der Waals surface area (Å²) in [6.07, 6.45) is 6.51. The zero-order chi connectivity index (χ0) is 13.7. The maximum absolute atomic E-state index is 9.93. The van der Waals surface area contributed by atoms with Crippen molar-refractivity contribution in [3.63, 3.8) is 0 Å². The molecule has 0 aliphatic carbocycles. The molecular weight excluding hydrogens is 242 g/mol. The van der Waals surface area contributed by atoms with E-state index >= 15 is 0 Å². The normalized spacial score (nSPS) is 26.5. The van der Waals surface area contributed by atoms with E-state index in [4.69, 9.17) is 4.74 Å². The molecule has 19 heavy (non-hydrogen) atoms. The van der Waals surface area contributed by atoms with Gasteiger partial charge < -0.3 is 14.4 Å². The molecule has 1 saturated heterocycles. The molecule has 5 heteroatoms. The van der Waals surface area contributed by atoms with Gasteiger partial charge in [0.25, 0.3) is 0 Å². The number of aliphatic hydroxyl groups excluding tert-OH is 1. The van der Waals surface area contributed by atoms with E-state index in [9.17, 15) is 5.11 Å². The van der Waals surface area contributed by atoms with Gasteiger partial charge in [-0.2, -0.15) is 0 Å². The topological polar surface area (TPSA) is 50.5 Å². The van der Waals surface area contributed by atoms with E-state index in [1.807, 2.05) is 25.6 Å². The molecule has 108 valence electrons. The lowest BCUT2D eigenvalue weighted by atomic mass is 9.93. The lowest BCUT2D eigenvalue weighted by Crippen LogP contribution is -2.44. The first-order valence-electron chi connectivity index (χ1n) is 7.16. The Morgan fingerprint density at radius 3 is 3.05 bits per heavy atom. The van der Waals surface area contributed by atoms with Crippen molar-refractivity contribution < 1.29 is 9.84 Å². The van der Waals surface area contributed by atoms with Crippen molar-refractivity contribution in [1.29, 1.82) is 0 Å². The van der Waals surface area contributed by atoms with Gasteiger partial charge >= 0.3 is 0 Å². The first-order chi connectivity index (χ1) is 9.20. The zero-order valence-corrected chi connectivity index (χ0v) is 11.9. The van der Waals surface area contributed by atoms with E-state index in [2.05, 4.69) is 21.4 Å². The summed E-state index contributed by atoms with van der Waals surface area (Å²) >= 11 is 0. The van der Waals surface area contributed by atoms with Crippen LogP contribution in [-0.4, -0.2) is 58.5 Å². The summed E-state index contributed by atoms with van der Waals surface area (Å²) in [7, 11) is 0. The highest BCUT2D eigenvalue weighted by molar-refractivity contribution is 4.88. The van der Waals surface area contributed by atoms with Gasteiger partial charge in [0.1, 0.15) is 0 Å². The number of rotatable bonds is 6. The summed E-state index contributed by atoms with van der Waals surface area (Å²) in [6, 6.07) is 0.454. The first-order valence-corrected chi connectivity index (χ1v) is 7.16. The van der Waals surface area contributed by atoms with Crippen LogP contribution < -0.4 is 0 Å². The van der Waals surface area contributed by atoms with Gasteiger partial charge in [-0.25, -0.2) is 4.98 Å². The predicted octanol–water partition coefficient (Wildman–Crippen LogP) is 1.16. The van der Waals surface area contributed by atoms with Crippen LogP contribution in [0.1, 0.15) is 26.3 Å². The van der Waals surface area contributed by atoms with Crippen molar-refractivity contribution in [3.8, 4) is 0 Å². The Morgan fingerprint density at radius 2 is 2.37 bits per heavy atom. The molecule has 0 saturated carbocycles. The van der Waals surface area contributed by atoms with E-state index in [1.165, 1.54) is 0 Å². The quantitative estimate of drug-likeness (QED) is 0.840. The molecule has 1 aromatic rings. The molecule has 3 atom stereocenters. The van der Waals surface area contributed by atoms with Gasteiger partial charge in [0, 0.05) is 38.1 Å². The molecule has 0 unspecified atom stereocenters. The van der Waals surface area contributed by atoms with E-state index in [1.54, 1.807) is 0 Å². The molecule has 1 aromatic heterocycles. The van der Waals surface area contributed by atoms with Crippen LogP contribution in [0.4, 0.5) is 0 Å². The number of hydrogen-bond donors (Lipinski definition) is 1. The van der Waals surface area contributed by atoms with Crippen molar-refractivity contribution in [2.24, 2.45) is 5.92 Å². The van der Waals surface area contributed by atoms with Gasteiger partial charge in [0.2, 0.25) is 0 Å². The molecule has 1 aliphatic heterocycles. The third kappa shape index (κ3) is 4.03. The number of aromatic nitrogens is 2. The van der Waals surface area contributed by atoms with Crippen molar-refractivity contribution in [2.75, 3.05) is 32.8 Å². The standard InChI is InChI=1S/C14H25N3O2/c1-3-19-10-13(18)8-16-6-4-12(2)14(9-16)17-7-5-15-11-17/h5,7,11-14,18H,3-4,6,8-10H2,1-2H3/t12-,13+,14-/m0/s1. The number of hydrogen-bond acceptors (Lipinski definition) is 4. The van der Waals surface area contributed by atoms with Crippen molar-refractivity contribution >= 4 is 0 Å². The minimum Gasteiger partial charge on any atom is -0.389 e. The summed E-state index contributed by atoms with van der Waals surface area (Å²) in [6.45, 7) is 8.04. The second-order valence-corrected chi connectivity index (χ2v) is 5.42. The van der Waals surface area contributed by atoms with Gasteiger partial charge in [-0.05, 0) is 25.8 Å². The van der Waals surface area contributed by atoms with Crippen molar-refractivity contribution in [1.82, 2.24) is 14.5 Å². The Balaban J connectivity index is 1.87. The number of ether oxygens (including phenoxy) is 1. The molecule has 0 aromatic carbocycles. The molecule has 0 spiro atoms. The lowest BCUT2D eigenvalue weighted by Gasteiger charge is -2.38. The van der Waals surface area contributed by atoms with Crippen LogP contribution in [0.3, 0.4) is 0 Å². The molecule has 1 N–H and O–H groups in total. The number of imidazole rings is 1. The fourth-order valence-electron chi connectivity index (χ4n) is 2.74. The third-order valence-corrected chi connectivity index (χ3v) is 3.89. The fraction of sp³-hybridized carbons (Fsp3) is 0.786. The second kappa shape index (κ2) is 7.03. The second-order valence-electron chi connectivity index (χ2n) is 5.42. The minimum absolute atomic E-state index is 0.392. The Bertz CT molecular complexity index is 356. The highest BCUT2D eigenvalue weighted by atomic mass is 16.5. The number of likely N-dealkylation sites (tertiary alicyclic amines) is 1. The highest BCUT2D eigenvalue weighted by Crippen LogP contribution is 2.27.